The zero-order valence-corrected chi connectivity index (χ0v) is 16.4. The highest BCUT2D eigenvalue weighted by molar-refractivity contribution is 5.97. The van der Waals surface area contributed by atoms with E-state index in [2.05, 4.69) is 29.8 Å². The van der Waals surface area contributed by atoms with E-state index < -0.39 is 12.1 Å². The Labute approximate surface area is 168 Å². The van der Waals surface area contributed by atoms with Crippen molar-refractivity contribution in [2.45, 2.75) is 19.6 Å². The van der Waals surface area contributed by atoms with Gasteiger partial charge in [-0.15, -0.1) is 0 Å². The first-order chi connectivity index (χ1) is 14.0. The standard InChI is InChI=1S/C20H23N5O4/c1-13-18(26)23-17-9-14(10-22-19(17)29-13)12-24-5-7-25(8-6-24)15-3-4-16(21-11-15)20(27)28-2/h3-4,9-11,13H,5-8,12H2,1-2H3,(H,23,26). The molecular weight excluding hydrogens is 374 g/mol. The van der Waals surface area contributed by atoms with Gasteiger partial charge in [-0.25, -0.2) is 14.8 Å². The highest BCUT2D eigenvalue weighted by Crippen LogP contribution is 2.28. The molecular formula is C20H23N5O4. The average Bonchev–Trinajstić information content (AvgIpc) is 2.75. The maximum absolute atomic E-state index is 11.8. The van der Waals surface area contributed by atoms with Gasteiger partial charge in [-0.2, -0.15) is 0 Å². The molecule has 1 fully saturated rings. The first-order valence-corrected chi connectivity index (χ1v) is 9.51. The number of carbonyl (C=O) groups excluding carboxylic acids is 2. The van der Waals surface area contributed by atoms with Crippen molar-refractivity contribution in [1.82, 2.24) is 14.9 Å². The fourth-order valence-corrected chi connectivity index (χ4v) is 3.44. The van der Waals surface area contributed by atoms with E-state index in [0.29, 0.717) is 17.3 Å². The number of esters is 1. The van der Waals surface area contributed by atoms with Crippen LogP contribution in [0.2, 0.25) is 0 Å². The fraction of sp³-hybridized carbons (Fsp3) is 0.400. The molecule has 29 heavy (non-hydrogen) atoms. The SMILES string of the molecule is COC(=O)c1ccc(N2CCN(Cc3cnc4c(c3)NC(=O)C(C)O4)CC2)cn1. The first kappa shape index (κ1) is 19.1. The van der Waals surface area contributed by atoms with Crippen LogP contribution in [0.1, 0.15) is 23.0 Å². The number of aromatic nitrogens is 2. The molecule has 1 N–H and O–H groups in total. The van der Waals surface area contributed by atoms with Crippen molar-refractivity contribution >= 4 is 23.3 Å². The Kier molecular flexibility index (Phi) is 5.30. The summed E-state index contributed by atoms with van der Waals surface area (Å²) in [5.74, 6) is -0.124. The van der Waals surface area contributed by atoms with Gasteiger partial charge >= 0.3 is 5.97 Å². The quantitative estimate of drug-likeness (QED) is 0.772. The molecule has 0 radical (unpaired) electrons. The number of ether oxygens (including phenoxy) is 2. The van der Waals surface area contributed by atoms with Crippen LogP contribution in [0.25, 0.3) is 0 Å². The Balaban J connectivity index is 1.34. The van der Waals surface area contributed by atoms with Gasteiger partial charge in [0.25, 0.3) is 5.91 Å². The lowest BCUT2D eigenvalue weighted by molar-refractivity contribution is -0.122. The Bertz CT molecular complexity index is 910. The maximum atomic E-state index is 11.8. The van der Waals surface area contributed by atoms with Crippen LogP contribution < -0.4 is 15.0 Å². The molecule has 0 aromatic carbocycles. The lowest BCUT2D eigenvalue weighted by Gasteiger charge is -2.36. The summed E-state index contributed by atoms with van der Waals surface area (Å²) in [6.07, 6.45) is 2.98. The van der Waals surface area contributed by atoms with Crippen molar-refractivity contribution in [3.8, 4) is 5.88 Å². The highest BCUT2D eigenvalue weighted by atomic mass is 16.5. The second-order valence-corrected chi connectivity index (χ2v) is 7.10. The van der Waals surface area contributed by atoms with Gasteiger partial charge in [0.2, 0.25) is 5.88 Å². The number of carbonyl (C=O) groups is 2. The summed E-state index contributed by atoms with van der Waals surface area (Å²) in [5, 5.41) is 2.84. The number of rotatable bonds is 4. The Morgan fingerprint density at radius 3 is 2.72 bits per heavy atom. The van der Waals surface area contributed by atoms with E-state index in [9.17, 15) is 9.59 Å². The summed E-state index contributed by atoms with van der Waals surface area (Å²) in [6.45, 7) is 5.93. The topological polar surface area (TPSA) is 96.9 Å². The van der Waals surface area contributed by atoms with Crippen molar-refractivity contribution in [1.29, 1.82) is 0 Å². The van der Waals surface area contributed by atoms with E-state index >= 15 is 0 Å². The summed E-state index contributed by atoms with van der Waals surface area (Å²) in [4.78, 5) is 36.4. The van der Waals surface area contributed by atoms with Crippen LogP contribution in [0.4, 0.5) is 11.4 Å². The van der Waals surface area contributed by atoms with Crippen LogP contribution in [0.5, 0.6) is 5.88 Å². The smallest absolute Gasteiger partial charge is 0.356 e. The minimum Gasteiger partial charge on any atom is -0.464 e. The number of methoxy groups -OCH3 is 1. The second-order valence-electron chi connectivity index (χ2n) is 7.10. The molecule has 0 aliphatic carbocycles. The Morgan fingerprint density at radius 2 is 2.03 bits per heavy atom. The molecule has 152 valence electrons. The van der Waals surface area contributed by atoms with Crippen molar-refractivity contribution < 1.29 is 19.1 Å². The lowest BCUT2D eigenvalue weighted by atomic mass is 10.2. The monoisotopic (exact) mass is 397 g/mol. The number of anilines is 2. The third-order valence-electron chi connectivity index (χ3n) is 5.11. The van der Waals surface area contributed by atoms with Crippen molar-refractivity contribution in [2.24, 2.45) is 0 Å². The molecule has 2 aromatic rings. The summed E-state index contributed by atoms with van der Waals surface area (Å²) in [5.41, 5.74) is 2.95. The average molecular weight is 397 g/mol. The molecule has 0 spiro atoms. The minimum absolute atomic E-state index is 0.156. The molecule has 4 heterocycles. The summed E-state index contributed by atoms with van der Waals surface area (Å²) in [6, 6.07) is 5.50. The van der Waals surface area contributed by atoms with Gasteiger partial charge in [0, 0.05) is 38.9 Å². The lowest BCUT2D eigenvalue weighted by Crippen LogP contribution is -2.46. The predicted octanol–water partition coefficient (Wildman–Crippen LogP) is 1.30. The molecule has 9 nitrogen and oxygen atoms in total. The van der Waals surface area contributed by atoms with E-state index in [1.165, 1.54) is 7.11 Å². The van der Waals surface area contributed by atoms with Gasteiger partial charge in [-0.1, -0.05) is 0 Å². The molecule has 1 saturated heterocycles. The third kappa shape index (κ3) is 4.14. The summed E-state index contributed by atoms with van der Waals surface area (Å²) < 4.78 is 10.2. The van der Waals surface area contributed by atoms with Crippen molar-refractivity contribution in [2.75, 3.05) is 43.5 Å². The zero-order chi connectivity index (χ0) is 20.4. The molecule has 1 amide bonds. The highest BCUT2D eigenvalue weighted by Gasteiger charge is 2.25. The number of pyridine rings is 2. The van der Waals surface area contributed by atoms with E-state index in [4.69, 9.17) is 4.74 Å². The van der Waals surface area contributed by atoms with Crippen molar-refractivity contribution in [3.63, 3.8) is 0 Å². The molecule has 0 saturated carbocycles. The number of hydrogen-bond donors (Lipinski definition) is 1. The number of hydrogen-bond acceptors (Lipinski definition) is 8. The number of piperazine rings is 1. The van der Waals surface area contributed by atoms with Gasteiger partial charge in [0.15, 0.2) is 6.10 Å². The molecule has 2 aromatic heterocycles. The van der Waals surface area contributed by atoms with E-state index in [1.54, 1.807) is 25.4 Å². The minimum atomic E-state index is -0.523. The molecule has 4 rings (SSSR count). The number of nitrogens with one attached hydrogen (secondary N) is 1. The maximum Gasteiger partial charge on any atom is 0.356 e. The largest absolute Gasteiger partial charge is 0.464 e. The molecule has 2 aliphatic rings. The van der Waals surface area contributed by atoms with Gasteiger partial charge in [-0.3, -0.25) is 9.69 Å². The molecule has 2 aliphatic heterocycles. The summed E-state index contributed by atoms with van der Waals surface area (Å²) >= 11 is 0. The van der Waals surface area contributed by atoms with Crippen LogP contribution in [0, 0.1) is 0 Å². The van der Waals surface area contributed by atoms with E-state index in [0.717, 1.165) is 44.0 Å². The van der Waals surface area contributed by atoms with Gasteiger partial charge in [-0.05, 0) is 30.7 Å². The molecule has 0 bridgehead atoms. The molecule has 1 atom stereocenters. The third-order valence-corrected chi connectivity index (χ3v) is 5.11. The zero-order valence-electron chi connectivity index (χ0n) is 16.4. The molecule has 1 unspecified atom stereocenters. The van der Waals surface area contributed by atoms with Crippen LogP contribution in [0.15, 0.2) is 30.6 Å². The van der Waals surface area contributed by atoms with Crippen LogP contribution in [-0.4, -0.2) is 66.1 Å². The van der Waals surface area contributed by atoms with Crippen molar-refractivity contribution in [3.05, 3.63) is 41.9 Å². The number of fused-ring (bicyclic) bond motifs is 1. The van der Waals surface area contributed by atoms with Crippen LogP contribution in [-0.2, 0) is 16.1 Å². The van der Waals surface area contributed by atoms with Crippen LogP contribution in [0.3, 0.4) is 0 Å². The number of amides is 1. The normalized spacial score (nSPS) is 19.2. The number of nitrogens with zero attached hydrogens (tertiary/aromatic N) is 4. The van der Waals surface area contributed by atoms with Gasteiger partial charge in [0.1, 0.15) is 11.4 Å². The van der Waals surface area contributed by atoms with Gasteiger partial charge in [0.05, 0.1) is 19.0 Å². The van der Waals surface area contributed by atoms with E-state index in [-0.39, 0.29) is 5.91 Å². The Morgan fingerprint density at radius 1 is 1.24 bits per heavy atom. The fourth-order valence-electron chi connectivity index (χ4n) is 3.44. The molecule has 9 heteroatoms. The van der Waals surface area contributed by atoms with Crippen LogP contribution >= 0.6 is 0 Å². The van der Waals surface area contributed by atoms with E-state index in [1.807, 2.05) is 12.1 Å². The first-order valence-electron chi connectivity index (χ1n) is 9.51. The predicted molar refractivity (Wildman–Crippen MR) is 106 cm³/mol. The van der Waals surface area contributed by atoms with Gasteiger partial charge < -0.3 is 19.7 Å². The Hall–Kier alpha value is -3.20. The second kappa shape index (κ2) is 8.04. The summed E-state index contributed by atoms with van der Waals surface area (Å²) in [7, 11) is 1.34.